The summed E-state index contributed by atoms with van der Waals surface area (Å²) in [6, 6.07) is -6.09. The lowest BCUT2D eigenvalue weighted by Gasteiger charge is -2.36. The van der Waals surface area contributed by atoms with Crippen molar-refractivity contribution in [1.29, 1.82) is 0 Å². The number of hydrogen-bond donors (Lipinski definition) is 9. The zero-order valence-corrected chi connectivity index (χ0v) is 37.9. The molecule has 1 aromatic rings. The molecule has 20 nitrogen and oxygen atoms in total. The van der Waals surface area contributed by atoms with E-state index in [1.54, 1.807) is 0 Å². The number of hydrazine groups is 1. The van der Waals surface area contributed by atoms with Crippen LogP contribution >= 0.6 is 0 Å². The van der Waals surface area contributed by atoms with Crippen molar-refractivity contribution in [2.24, 2.45) is 17.6 Å². The van der Waals surface area contributed by atoms with Crippen LogP contribution < -0.4 is 32.4 Å². The van der Waals surface area contributed by atoms with Gasteiger partial charge >= 0.3 is 5.97 Å². The first kappa shape index (κ1) is 53.2. The predicted molar refractivity (Wildman–Crippen MR) is 233 cm³/mol. The molecular formula is C44H68N8O12. The van der Waals surface area contributed by atoms with E-state index in [0.717, 1.165) is 5.01 Å². The number of rotatable bonds is 17. The molecule has 0 aliphatic carbocycles. The fourth-order valence-corrected chi connectivity index (χ4v) is 8.03. The Morgan fingerprint density at radius 1 is 0.938 bits per heavy atom. The molecule has 2 heterocycles. The lowest BCUT2D eigenvalue weighted by molar-refractivity contribution is -0.149. The van der Waals surface area contributed by atoms with Crippen LogP contribution in [0.1, 0.15) is 99.0 Å². The predicted octanol–water partition coefficient (Wildman–Crippen LogP) is -0.734. The molecule has 2 fully saturated rings. The van der Waals surface area contributed by atoms with E-state index in [0.29, 0.717) is 24.7 Å². The molecule has 0 spiro atoms. The minimum atomic E-state index is -1.76. The maximum Gasteiger partial charge on any atom is 0.305 e. The van der Waals surface area contributed by atoms with Crippen LogP contribution in [0.4, 0.5) is 0 Å². The van der Waals surface area contributed by atoms with Crippen LogP contribution in [-0.4, -0.2) is 152 Å². The standard InChI is InChI=1S/C44H68N8O12/c1-23(2)17-30(45)43(63)51-16-8-9-36(51)40(60)31-14-15-32(47-33(26(6)54)18-24(3)4)41(61)39(27(7)55)49-37(57)21-46-42(62)34(19-28-10-12-29(56)13-11-28)50-52(25(5)22-53)44(64)35(48-31)20-38(58)59/h10-13,22-25,27,30-36,39,47-48,50,55-56H,8-9,14-21,45H2,1-7H3,(H,46,62)(H,49,57)(H,58,59)/t25-,27+,30+,31?,32?,33+,34+,35+,36+,39+/m1/s1. The first-order valence-electron chi connectivity index (χ1n) is 22.0. The van der Waals surface area contributed by atoms with E-state index in [9.17, 15) is 58.5 Å². The first-order chi connectivity index (χ1) is 30.0. The molecule has 0 aromatic heterocycles. The minimum absolute atomic E-state index is 0.0302. The molecule has 0 radical (unpaired) electrons. The van der Waals surface area contributed by atoms with Gasteiger partial charge in [0.2, 0.25) is 17.7 Å². The molecule has 4 amide bonds. The van der Waals surface area contributed by atoms with Gasteiger partial charge in [-0.2, -0.15) is 0 Å². The molecule has 1 aromatic carbocycles. The van der Waals surface area contributed by atoms with Gasteiger partial charge < -0.3 is 41.4 Å². The number of nitrogens with two attached hydrogens (primary N) is 1. The summed E-state index contributed by atoms with van der Waals surface area (Å²) >= 11 is 0. The number of aldehydes is 1. The second-order valence-electron chi connectivity index (χ2n) is 17.8. The normalized spacial score (nSPS) is 25.2. The van der Waals surface area contributed by atoms with Crippen molar-refractivity contribution in [2.45, 2.75) is 160 Å². The Labute approximate surface area is 374 Å². The molecule has 3 rings (SSSR count). The Morgan fingerprint density at radius 3 is 2.14 bits per heavy atom. The van der Waals surface area contributed by atoms with E-state index in [2.05, 4.69) is 26.7 Å². The van der Waals surface area contributed by atoms with Crippen molar-refractivity contribution in [3.8, 4) is 5.75 Å². The summed E-state index contributed by atoms with van der Waals surface area (Å²) in [5, 5.41) is 42.6. The third kappa shape index (κ3) is 15.5. The van der Waals surface area contributed by atoms with Crippen molar-refractivity contribution in [3.63, 3.8) is 0 Å². The van der Waals surface area contributed by atoms with Gasteiger partial charge in [-0.05, 0) is 95.2 Å². The Morgan fingerprint density at radius 2 is 1.58 bits per heavy atom. The number of nitrogens with one attached hydrogen (secondary N) is 5. The average Bonchev–Trinajstić information content (AvgIpc) is 3.72. The molecule has 0 bridgehead atoms. The van der Waals surface area contributed by atoms with E-state index >= 15 is 0 Å². The van der Waals surface area contributed by atoms with Gasteiger partial charge in [0.05, 0.1) is 55.3 Å². The summed E-state index contributed by atoms with van der Waals surface area (Å²) in [5.41, 5.74) is 9.50. The van der Waals surface area contributed by atoms with Crippen molar-refractivity contribution in [3.05, 3.63) is 29.8 Å². The van der Waals surface area contributed by atoms with Crippen LogP contribution in [0.15, 0.2) is 24.3 Å². The maximum atomic E-state index is 14.9. The highest BCUT2D eigenvalue weighted by atomic mass is 16.4. The number of nitrogens with zero attached hydrogens (tertiary/aromatic N) is 2. The highest BCUT2D eigenvalue weighted by molar-refractivity contribution is 5.97. The molecule has 2 saturated heterocycles. The number of aromatic hydroxyl groups is 1. The molecule has 2 aliphatic rings. The van der Waals surface area contributed by atoms with Gasteiger partial charge in [0.1, 0.15) is 35.9 Å². The fourth-order valence-electron chi connectivity index (χ4n) is 8.03. The van der Waals surface area contributed by atoms with E-state index in [-0.39, 0.29) is 62.0 Å². The molecule has 2 aliphatic heterocycles. The van der Waals surface area contributed by atoms with Gasteiger partial charge in [0, 0.05) is 6.54 Å². The van der Waals surface area contributed by atoms with Crippen LogP contribution in [0.2, 0.25) is 0 Å². The summed E-state index contributed by atoms with van der Waals surface area (Å²) in [6.07, 6.45) is -1.56. The van der Waals surface area contributed by atoms with Crippen LogP contribution in [0.25, 0.3) is 0 Å². The van der Waals surface area contributed by atoms with Crippen molar-refractivity contribution in [2.75, 3.05) is 13.1 Å². The lowest BCUT2D eigenvalue weighted by atomic mass is 9.90. The van der Waals surface area contributed by atoms with E-state index < -0.39 is 115 Å². The molecular weight excluding hydrogens is 833 g/mol. The largest absolute Gasteiger partial charge is 0.508 e. The first-order valence-corrected chi connectivity index (χ1v) is 22.0. The van der Waals surface area contributed by atoms with Gasteiger partial charge in [-0.3, -0.25) is 54.0 Å². The summed E-state index contributed by atoms with van der Waals surface area (Å²) in [4.78, 5) is 124. The number of carboxylic acids is 1. The third-order valence-electron chi connectivity index (χ3n) is 11.4. The van der Waals surface area contributed by atoms with Crippen LogP contribution in [0, 0.1) is 11.8 Å². The molecule has 0 saturated carbocycles. The molecule has 20 heteroatoms. The summed E-state index contributed by atoms with van der Waals surface area (Å²) < 4.78 is 0. The molecule has 64 heavy (non-hydrogen) atoms. The molecule has 2 unspecified atom stereocenters. The number of phenols is 1. The van der Waals surface area contributed by atoms with Crippen molar-refractivity contribution < 1.29 is 58.5 Å². The van der Waals surface area contributed by atoms with Crippen molar-refractivity contribution >= 4 is 53.2 Å². The van der Waals surface area contributed by atoms with E-state index in [4.69, 9.17) is 5.73 Å². The number of likely N-dealkylation sites (tertiary alicyclic amines) is 1. The maximum absolute atomic E-state index is 14.9. The van der Waals surface area contributed by atoms with E-state index in [1.165, 1.54) is 49.9 Å². The number of ketones is 3. The number of aliphatic carboxylic acids is 1. The lowest BCUT2D eigenvalue weighted by Crippen LogP contribution is -2.63. The molecule has 10 N–H and O–H groups in total. The second kappa shape index (κ2) is 24.8. The Hall–Kier alpha value is -5.15. The number of aliphatic hydroxyl groups excluding tert-OH is 1. The fraction of sp³-hybridized carbons (Fsp3) is 0.659. The van der Waals surface area contributed by atoms with Crippen LogP contribution in [0.5, 0.6) is 5.75 Å². The van der Waals surface area contributed by atoms with Gasteiger partial charge in [0.15, 0.2) is 11.6 Å². The van der Waals surface area contributed by atoms with Crippen LogP contribution in [-0.2, 0) is 49.6 Å². The van der Waals surface area contributed by atoms with Gasteiger partial charge in [-0.15, -0.1) is 0 Å². The van der Waals surface area contributed by atoms with Gasteiger partial charge in [-0.25, -0.2) is 5.43 Å². The summed E-state index contributed by atoms with van der Waals surface area (Å²) in [7, 11) is 0. The summed E-state index contributed by atoms with van der Waals surface area (Å²) in [6.45, 7) is 10.9. The number of carboxylic acid groups (broad SMARTS) is 1. The Bertz CT molecular complexity index is 1820. The number of benzene rings is 1. The minimum Gasteiger partial charge on any atom is -0.508 e. The number of carbonyl (C=O) groups is 9. The number of aliphatic hydroxyl groups is 1. The zero-order valence-electron chi connectivity index (χ0n) is 37.9. The highest BCUT2D eigenvalue weighted by Crippen LogP contribution is 2.24. The number of Topliss-reactive ketones (excluding diaryl/α,β-unsaturated/α-hetero) is 3. The number of hydrogen-bond acceptors (Lipinski definition) is 15. The Kier molecular flexibility index (Phi) is 20.6. The quantitative estimate of drug-likeness (QED) is 0.0871. The summed E-state index contributed by atoms with van der Waals surface area (Å²) in [5.74, 6) is -6.53. The number of phenolic OH excluding ortho intramolecular Hbond substituents is 1. The number of carbonyl (C=O) groups excluding carboxylic acids is 8. The topological polar surface area (TPSA) is 307 Å². The van der Waals surface area contributed by atoms with Gasteiger partial charge in [0.25, 0.3) is 5.91 Å². The third-order valence-corrected chi connectivity index (χ3v) is 11.4. The van der Waals surface area contributed by atoms with E-state index in [1.807, 2.05) is 27.7 Å². The molecule has 10 atom stereocenters. The van der Waals surface area contributed by atoms with Crippen molar-refractivity contribution in [1.82, 2.24) is 36.6 Å². The SMILES string of the molecule is CC(=O)[C@H](CC(C)C)NC1CCC(C(=O)[C@@H]2CCCN2C(=O)[C@@H](N)CC(C)C)N[C@@H](CC(=O)O)C(=O)N([C@H](C)C=O)N[C@@H](Cc2ccc(O)cc2)C(=O)NCC(=O)N[C@@H]([C@H](C)O)C1=O. The monoisotopic (exact) mass is 900 g/mol. The highest BCUT2D eigenvalue weighted by Gasteiger charge is 2.43. The Balaban J connectivity index is 2.26. The number of amides is 4. The molecule has 356 valence electrons. The smallest absolute Gasteiger partial charge is 0.305 e. The second-order valence-corrected chi connectivity index (χ2v) is 17.8. The van der Waals surface area contributed by atoms with Gasteiger partial charge in [-0.1, -0.05) is 39.8 Å². The zero-order chi connectivity index (χ0) is 48.0. The average molecular weight is 901 g/mol. The van der Waals surface area contributed by atoms with Crippen LogP contribution in [0.3, 0.4) is 0 Å².